The summed E-state index contributed by atoms with van der Waals surface area (Å²) in [5, 5.41) is 9.68. The summed E-state index contributed by atoms with van der Waals surface area (Å²) in [5.74, 6) is 0.0314. The van der Waals surface area contributed by atoms with Gasteiger partial charge in [0.15, 0.2) is 0 Å². The molecule has 0 saturated heterocycles. The first-order valence-electron chi connectivity index (χ1n) is 5.86. The van der Waals surface area contributed by atoms with Crippen molar-refractivity contribution < 1.29 is 14.6 Å². The predicted molar refractivity (Wildman–Crippen MR) is 63.1 cm³/mol. The second-order valence-corrected chi connectivity index (χ2v) is 4.69. The highest BCUT2D eigenvalue weighted by Gasteiger charge is 2.51. The number of fused-ring (bicyclic) bond motifs is 3. The largest absolute Gasteiger partial charge is 0.493 e. The minimum Gasteiger partial charge on any atom is -0.493 e. The molecular formula is C14H14O3. The van der Waals surface area contributed by atoms with E-state index in [2.05, 4.69) is 6.08 Å². The van der Waals surface area contributed by atoms with E-state index in [0.717, 1.165) is 17.7 Å². The molecule has 1 heterocycles. The molecule has 0 fully saturated rings. The van der Waals surface area contributed by atoms with Gasteiger partial charge in [-0.25, -0.2) is 0 Å². The van der Waals surface area contributed by atoms with Crippen LogP contribution in [-0.2, 0) is 10.2 Å². The third-order valence-electron chi connectivity index (χ3n) is 3.91. The first-order chi connectivity index (χ1) is 8.25. The average molecular weight is 230 g/mol. The van der Waals surface area contributed by atoms with Crippen molar-refractivity contribution in [2.24, 2.45) is 5.92 Å². The smallest absolute Gasteiger partial charge is 0.315 e. The molecule has 3 rings (SSSR count). The monoisotopic (exact) mass is 230 g/mol. The molecule has 1 aliphatic heterocycles. The van der Waals surface area contributed by atoms with Crippen LogP contribution in [0.4, 0.5) is 0 Å². The normalized spacial score (nSPS) is 30.0. The Morgan fingerprint density at radius 1 is 1.35 bits per heavy atom. The molecule has 1 aromatic rings. The summed E-state index contributed by atoms with van der Waals surface area (Å²) in [6.45, 7) is 0.494. The molecule has 2 atom stereocenters. The fourth-order valence-electron chi connectivity index (χ4n) is 2.97. The highest BCUT2D eigenvalue weighted by atomic mass is 16.5. The average Bonchev–Trinajstić information content (AvgIpc) is 2.38. The Morgan fingerprint density at radius 2 is 2.18 bits per heavy atom. The van der Waals surface area contributed by atoms with Crippen molar-refractivity contribution in [2.45, 2.75) is 18.3 Å². The van der Waals surface area contributed by atoms with Gasteiger partial charge >= 0.3 is 5.97 Å². The van der Waals surface area contributed by atoms with E-state index in [0.29, 0.717) is 13.0 Å². The minimum atomic E-state index is -0.788. The van der Waals surface area contributed by atoms with E-state index in [9.17, 15) is 9.90 Å². The van der Waals surface area contributed by atoms with Gasteiger partial charge in [-0.2, -0.15) is 0 Å². The summed E-state index contributed by atoms with van der Waals surface area (Å²) in [6.07, 6.45) is 5.38. The van der Waals surface area contributed by atoms with Crippen LogP contribution in [0.5, 0.6) is 5.75 Å². The lowest BCUT2D eigenvalue weighted by Crippen LogP contribution is -2.49. The molecular weight excluding hydrogens is 216 g/mol. The van der Waals surface area contributed by atoms with Crippen molar-refractivity contribution in [2.75, 3.05) is 6.61 Å². The Labute approximate surface area is 99.7 Å². The summed E-state index contributed by atoms with van der Waals surface area (Å²) in [6, 6.07) is 7.50. The van der Waals surface area contributed by atoms with Gasteiger partial charge in [-0.3, -0.25) is 4.79 Å². The number of allylic oxidation sites excluding steroid dienone is 2. The molecule has 1 N–H and O–H groups in total. The van der Waals surface area contributed by atoms with Gasteiger partial charge in [-0.15, -0.1) is 0 Å². The van der Waals surface area contributed by atoms with Crippen molar-refractivity contribution >= 4 is 5.97 Å². The Hall–Kier alpha value is -1.77. The second kappa shape index (κ2) is 3.62. The first kappa shape index (κ1) is 10.4. The van der Waals surface area contributed by atoms with Crippen LogP contribution in [-0.4, -0.2) is 17.7 Å². The third kappa shape index (κ3) is 1.32. The van der Waals surface area contributed by atoms with E-state index in [1.807, 2.05) is 30.3 Å². The number of carbonyl (C=O) groups is 1. The molecule has 2 aliphatic rings. The molecule has 17 heavy (non-hydrogen) atoms. The molecule has 1 aromatic carbocycles. The molecule has 0 aromatic heterocycles. The van der Waals surface area contributed by atoms with Gasteiger partial charge in [0.05, 0.1) is 6.61 Å². The molecule has 0 amide bonds. The zero-order valence-electron chi connectivity index (χ0n) is 9.43. The maximum atomic E-state index is 11.8. The van der Waals surface area contributed by atoms with E-state index in [4.69, 9.17) is 4.74 Å². The molecule has 3 nitrogen and oxygen atoms in total. The Balaban J connectivity index is 2.22. The Morgan fingerprint density at radius 3 is 3.00 bits per heavy atom. The first-order valence-corrected chi connectivity index (χ1v) is 5.86. The topological polar surface area (TPSA) is 46.5 Å². The number of hydrogen-bond donors (Lipinski definition) is 1. The Bertz CT molecular complexity index is 492. The lowest BCUT2D eigenvalue weighted by molar-refractivity contribution is -0.148. The maximum Gasteiger partial charge on any atom is 0.315 e. The van der Waals surface area contributed by atoms with Crippen LogP contribution in [0.1, 0.15) is 18.4 Å². The fraction of sp³-hybridized carbons (Fsp3) is 0.357. The van der Waals surface area contributed by atoms with E-state index in [1.54, 1.807) is 0 Å². The zero-order valence-corrected chi connectivity index (χ0v) is 9.43. The fourth-order valence-corrected chi connectivity index (χ4v) is 2.97. The predicted octanol–water partition coefficient (Wildman–Crippen LogP) is 2.37. The van der Waals surface area contributed by atoms with Gasteiger partial charge in [-0.05, 0) is 18.9 Å². The number of ether oxygens (including phenoxy) is 1. The Kier molecular flexibility index (Phi) is 2.21. The molecule has 0 spiro atoms. The van der Waals surface area contributed by atoms with Gasteiger partial charge < -0.3 is 9.84 Å². The number of para-hydroxylation sites is 1. The van der Waals surface area contributed by atoms with Crippen molar-refractivity contribution in [3.8, 4) is 5.75 Å². The van der Waals surface area contributed by atoms with Crippen LogP contribution in [0.3, 0.4) is 0 Å². The molecule has 0 unspecified atom stereocenters. The SMILES string of the molecule is O=C(O)[C@@]12CC=CC[C@@H]1COc1ccccc12. The van der Waals surface area contributed by atoms with E-state index >= 15 is 0 Å². The summed E-state index contributed by atoms with van der Waals surface area (Å²) in [5.41, 5.74) is 0.0388. The van der Waals surface area contributed by atoms with Gasteiger partial charge in [0.2, 0.25) is 0 Å². The van der Waals surface area contributed by atoms with Crippen LogP contribution in [0.25, 0.3) is 0 Å². The number of aliphatic carboxylic acids is 1. The maximum absolute atomic E-state index is 11.8. The second-order valence-electron chi connectivity index (χ2n) is 4.69. The van der Waals surface area contributed by atoms with Crippen LogP contribution in [0, 0.1) is 5.92 Å². The van der Waals surface area contributed by atoms with Crippen molar-refractivity contribution in [1.29, 1.82) is 0 Å². The molecule has 88 valence electrons. The number of carboxylic acids is 1. The minimum absolute atomic E-state index is 0.0416. The van der Waals surface area contributed by atoms with E-state index < -0.39 is 11.4 Å². The van der Waals surface area contributed by atoms with Crippen molar-refractivity contribution in [1.82, 2.24) is 0 Å². The zero-order chi connectivity index (χ0) is 11.9. The number of hydrogen-bond acceptors (Lipinski definition) is 2. The van der Waals surface area contributed by atoms with Crippen LogP contribution >= 0.6 is 0 Å². The van der Waals surface area contributed by atoms with Gasteiger partial charge in [0.1, 0.15) is 11.2 Å². The molecule has 0 radical (unpaired) electrons. The summed E-state index contributed by atoms with van der Waals surface area (Å²) in [4.78, 5) is 11.8. The van der Waals surface area contributed by atoms with Gasteiger partial charge in [0, 0.05) is 11.5 Å². The highest BCUT2D eigenvalue weighted by molar-refractivity contribution is 5.84. The standard InChI is InChI=1S/C14H14O3/c15-13(16)14-8-4-3-5-10(14)9-17-12-7-2-1-6-11(12)14/h1-4,6-7,10H,5,8-9H2,(H,15,16)/t10-,14+/m1/s1. The highest BCUT2D eigenvalue weighted by Crippen LogP contribution is 2.48. The lowest BCUT2D eigenvalue weighted by atomic mass is 9.63. The third-order valence-corrected chi connectivity index (χ3v) is 3.91. The number of rotatable bonds is 1. The van der Waals surface area contributed by atoms with E-state index in [1.165, 1.54) is 0 Å². The van der Waals surface area contributed by atoms with E-state index in [-0.39, 0.29) is 5.92 Å². The van der Waals surface area contributed by atoms with Crippen LogP contribution in [0.15, 0.2) is 36.4 Å². The van der Waals surface area contributed by atoms with Gasteiger partial charge in [-0.1, -0.05) is 30.4 Å². The summed E-state index contributed by atoms with van der Waals surface area (Å²) in [7, 11) is 0. The quantitative estimate of drug-likeness (QED) is 0.753. The van der Waals surface area contributed by atoms with Gasteiger partial charge in [0.25, 0.3) is 0 Å². The molecule has 0 bridgehead atoms. The van der Waals surface area contributed by atoms with Crippen LogP contribution < -0.4 is 4.74 Å². The van der Waals surface area contributed by atoms with Crippen LogP contribution in [0.2, 0.25) is 0 Å². The van der Waals surface area contributed by atoms with Crippen molar-refractivity contribution in [3.63, 3.8) is 0 Å². The molecule has 1 aliphatic carbocycles. The lowest BCUT2D eigenvalue weighted by Gasteiger charge is -2.42. The number of carboxylic acid groups (broad SMARTS) is 1. The summed E-state index contributed by atoms with van der Waals surface area (Å²) >= 11 is 0. The molecule has 3 heteroatoms. The molecule has 0 saturated carbocycles. The summed E-state index contributed by atoms with van der Waals surface area (Å²) < 4.78 is 5.67. The van der Waals surface area contributed by atoms with Crippen molar-refractivity contribution in [3.05, 3.63) is 42.0 Å². The number of benzene rings is 1.